The number of amides is 1. The molecular formula is C14H13NO2. The largest absolute Gasteiger partial charge is 0.453 e. The normalized spacial score (nSPS) is 17.1. The van der Waals surface area contributed by atoms with Crippen LogP contribution >= 0.6 is 0 Å². The van der Waals surface area contributed by atoms with Gasteiger partial charge in [0.1, 0.15) is 0 Å². The molecule has 0 radical (unpaired) electrons. The van der Waals surface area contributed by atoms with E-state index in [4.69, 9.17) is 0 Å². The molecule has 2 aromatic carbocycles. The number of ether oxygens (including phenoxy) is 1. The van der Waals surface area contributed by atoms with Gasteiger partial charge < -0.3 is 10.1 Å². The maximum atomic E-state index is 11.3. The second-order valence-corrected chi connectivity index (χ2v) is 4.26. The lowest BCUT2D eigenvalue weighted by Crippen LogP contribution is -2.27. The zero-order chi connectivity index (χ0) is 11.8. The number of carbonyl (C=O) groups is 1. The summed E-state index contributed by atoms with van der Waals surface area (Å²) in [5, 5.41) is 5.38. The average molecular weight is 227 g/mol. The standard InChI is InChI=1S/C14H13NO2/c1-17-14(16)15-12-8-10-6-2-4-9-5-3-7-11(12)13(9)10/h2-7,12H,8H2,1H3,(H,15,16)/t12-/m1/s1. The first-order valence-corrected chi connectivity index (χ1v) is 5.64. The molecule has 0 saturated heterocycles. The van der Waals surface area contributed by atoms with Gasteiger partial charge in [-0.2, -0.15) is 0 Å². The lowest BCUT2D eigenvalue weighted by molar-refractivity contribution is 0.167. The number of benzene rings is 2. The summed E-state index contributed by atoms with van der Waals surface area (Å²) in [7, 11) is 1.39. The van der Waals surface area contributed by atoms with E-state index in [2.05, 4.69) is 40.4 Å². The van der Waals surface area contributed by atoms with E-state index in [1.807, 2.05) is 6.07 Å². The molecule has 86 valence electrons. The highest BCUT2D eigenvalue weighted by Gasteiger charge is 2.25. The molecule has 1 aliphatic carbocycles. The van der Waals surface area contributed by atoms with Crippen LogP contribution in [0, 0.1) is 0 Å². The lowest BCUT2D eigenvalue weighted by atomic mass is 10.0. The second kappa shape index (κ2) is 3.77. The Balaban J connectivity index is 2.07. The van der Waals surface area contributed by atoms with Gasteiger partial charge in [-0.3, -0.25) is 0 Å². The summed E-state index contributed by atoms with van der Waals surface area (Å²) in [6, 6.07) is 12.5. The van der Waals surface area contributed by atoms with Crippen molar-refractivity contribution in [3.63, 3.8) is 0 Å². The molecular weight excluding hydrogens is 214 g/mol. The van der Waals surface area contributed by atoms with E-state index < -0.39 is 0 Å². The van der Waals surface area contributed by atoms with Crippen molar-refractivity contribution in [2.45, 2.75) is 12.5 Å². The Bertz CT molecular complexity index is 587. The van der Waals surface area contributed by atoms with Gasteiger partial charge in [-0.05, 0) is 28.3 Å². The minimum Gasteiger partial charge on any atom is -0.453 e. The summed E-state index contributed by atoms with van der Waals surface area (Å²) in [5.74, 6) is 0. The maximum Gasteiger partial charge on any atom is 0.407 e. The van der Waals surface area contributed by atoms with E-state index in [1.54, 1.807) is 0 Å². The minimum absolute atomic E-state index is 0.0311. The van der Waals surface area contributed by atoms with Gasteiger partial charge >= 0.3 is 6.09 Å². The molecule has 0 saturated carbocycles. The SMILES string of the molecule is COC(=O)N[C@@H]1Cc2cccc3cccc1c23. The summed E-state index contributed by atoms with van der Waals surface area (Å²) in [4.78, 5) is 11.3. The first-order valence-electron chi connectivity index (χ1n) is 5.64. The lowest BCUT2D eigenvalue weighted by Gasteiger charge is -2.12. The fraction of sp³-hybridized carbons (Fsp3) is 0.214. The van der Waals surface area contributed by atoms with Crippen molar-refractivity contribution in [1.82, 2.24) is 5.32 Å². The highest BCUT2D eigenvalue weighted by molar-refractivity contribution is 5.91. The molecule has 0 bridgehead atoms. The van der Waals surface area contributed by atoms with Gasteiger partial charge in [0.2, 0.25) is 0 Å². The van der Waals surface area contributed by atoms with Gasteiger partial charge in [0.05, 0.1) is 13.2 Å². The fourth-order valence-corrected chi connectivity index (χ4v) is 2.57. The van der Waals surface area contributed by atoms with Crippen molar-refractivity contribution in [2.75, 3.05) is 7.11 Å². The minimum atomic E-state index is -0.375. The van der Waals surface area contributed by atoms with Crippen LogP contribution in [0.4, 0.5) is 4.79 Å². The molecule has 1 amide bonds. The van der Waals surface area contributed by atoms with Crippen LogP contribution in [0.15, 0.2) is 36.4 Å². The third kappa shape index (κ3) is 1.55. The molecule has 17 heavy (non-hydrogen) atoms. The van der Waals surface area contributed by atoms with Crippen LogP contribution in [0.3, 0.4) is 0 Å². The molecule has 0 aromatic heterocycles. The predicted octanol–water partition coefficient (Wildman–Crippen LogP) is 2.79. The van der Waals surface area contributed by atoms with E-state index in [1.165, 1.54) is 29.0 Å². The topological polar surface area (TPSA) is 38.3 Å². The van der Waals surface area contributed by atoms with E-state index in [-0.39, 0.29) is 12.1 Å². The van der Waals surface area contributed by atoms with Gasteiger partial charge in [-0.25, -0.2) is 4.79 Å². The summed E-state index contributed by atoms with van der Waals surface area (Å²) in [6.45, 7) is 0. The molecule has 3 nitrogen and oxygen atoms in total. The maximum absolute atomic E-state index is 11.3. The van der Waals surface area contributed by atoms with Gasteiger partial charge in [-0.15, -0.1) is 0 Å². The number of rotatable bonds is 1. The van der Waals surface area contributed by atoms with E-state index in [9.17, 15) is 4.79 Å². The first-order chi connectivity index (χ1) is 8.29. The quantitative estimate of drug-likeness (QED) is 0.813. The van der Waals surface area contributed by atoms with E-state index in [0.29, 0.717) is 0 Å². The Kier molecular flexibility index (Phi) is 2.25. The molecule has 1 atom stereocenters. The summed E-state index contributed by atoms with van der Waals surface area (Å²) >= 11 is 0. The predicted molar refractivity (Wildman–Crippen MR) is 65.9 cm³/mol. The average Bonchev–Trinajstić information content (AvgIpc) is 2.70. The number of nitrogens with one attached hydrogen (secondary N) is 1. The molecule has 0 heterocycles. The Labute approximate surface area is 99.4 Å². The monoisotopic (exact) mass is 227 g/mol. The smallest absolute Gasteiger partial charge is 0.407 e. The van der Waals surface area contributed by atoms with E-state index in [0.717, 1.165) is 6.42 Å². The van der Waals surface area contributed by atoms with Crippen LogP contribution in [0.5, 0.6) is 0 Å². The van der Waals surface area contributed by atoms with Crippen LogP contribution in [0.1, 0.15) is 17.2 Å². The Hall–Kier alpha value is -2.03. The molecule has 0 aliphatic heterocycles. The fourth-order valence-electron chi connectivity index (χ4n) is 2.57. The van der Waals surface area contributed by atoms with Crippen molar-refractivity contribution < 1.29 is 9.53 Å². The Morgan fingerprint density at radius 1 is 1.29 bits per heavy atom. The number of hydrogen-bond acceptors (Lipinski definition) is 2. The molecule has 3 rings (SSSR count). The van der Waals surface area contributed by atoms with Crippen LogP contribution < -0.4 is 5.32 Å². The molecule has 1 N–H and O–H groups in total. The molecule has 0 fully saturated rings. The highest BCUT2D eigenvalue weighted by atomic mass is 16.5. The van der Waals surface area contributed by atoms with Crippen LogP contribution in [-0.4, -0.2) is 13.2 Å². The van der Waals surface area contributed by atoms with Crippen molar-refractivity contribution in [1.29, 1.82) is 0 Å². The third-order valence-electron chi connectivity index (χ3n) is 3.30. The Morgan fingerprint density at radius 3 is 2.82 bits per heavy atom. The molecule has 0 unspecified atom stereocenters. The number of hydrogen-bond donors (Lipinski definition) is 1. The Morgan fingerprint density at radius 2 is 2.06 bits per heavy atom. The summed E-state index contributed by atoms with van der Waals surface area (Å²) in [5.41, 5.74) is 2.48. The van der Waals surface area contributed by atoms with Crippen molar-refractivity contribution in [3.8, 4) is 0 Å². The molecule has 1 aliphatic rings. The molecule has 3 heteroatoms. The summed E-state index contributed by atoms with van der Waals surface area (Å²) in [6.07, 6.45) is 0.464. The second-order valence-electron chi connectivity index (χ2n) is 4.26. The van der Waals surface area contributed by atoms with Crippen molar-refractivity contribution in [3.05, 3.63) is 47.5 Å². The zero-order valence-corrected chi connectivity index (χ0v) is 9.57. The van der Waals surface area contributed by atoms with E-state index >= 15 is 0 Å². The first kappa shape index (κ1) is 10.1. The van der Waals surface area contributed by atoms with Gasteiger partial charge in [0.15, 0.2) is 0 Å². The van der Waals surface area contributed by atoms with Crippen LogP contribution in [0.25, 0.3) is 10.8 Å². The summed E-state index contributed by atoms with van der Waals surface area (Å²) < 4.78 is 4.66. The van der Waals surface area contributed by atoms with Crippen molar-refractivity contribution >= 4 is 16.9 Å². The van der Waals surface area contributed by atoms with Crippen molar-refractivity contribution in [2.24, 2.45) is 0 Å². The van der Waals surface area contributed by atoms with Crippen LogP contribution in [0.2, 0.25) is 0 Å². The molecule has 0 spiro atoms. The number of carbonyl (C=O) groups excluding carboxylic acids is 1. The van der Waals surface area contributed by atoms with Crippen LogP contribution in [-0.2, 0) is 11.2 Å². The molecule has 2 aromatic rings. The van der Waals surface area contributed by atoms with Gasteiger partial charge in [-0.1, -0.05) is 36.4 Å². The number of methoxy groups -OCH3 is 1. The number of alkyl carbamates (subject to hydrolysis) is 1. The highest BCUT2D eigenvalue weighted by Crippen LogP contribution is 2.36. The van der Waals surface area contributed by atoms with Gasteiger partial charge in [0.25, 0.3) is 0 Å². The zero-order valence-electron chi connectivity index (χ0n) is 9.57. The third-order valence-corrected chi connectivity index (χ3v) is 3.30. The van der Waals surface area contributed by atoms with Gasteiger partial charge in [0, 0.05) is 0 Å².